The van der Waals surface area contributed by atoms with Crippen molar-refractivity contribution in [2.45, 2.75) is 32.9 Å². The maximum Gasteiger partial charge on any atom is 0.407 e. The van der Waals surface area contributed by atoms with Crippen molar-refractivity contribution in [3.63, 3.8) is 0 Å². The molecule has 2 aliphatic heterocycles. The number of halogens is 1. The molecule has 3 amide bonds. The Kier molecular flexibility index (Phi) is 9.73. The second-order valence-corrected chi connectivity index (χ2v) is 11.4. The molecule has 2 saturated heterocycles. The van der Waals surface area contributed by atoms with Gasteiger partial charge in [0.05, 0.1) is 25.2 Å². The lowest BCUT2D eigenvalue weighted by Gasteiger charge is -2.43. The lowest BCUT2D eigenvalue weighted by molar-refractivity contribution is -0.142. The van der Waals surface area contributed by atoms with E-state index in [0.29, 0.717) is 32.1 Å². The van der Waals surface area contributed by atoms with Crippen LogP contribution in [0.25, 0.3) is 5.69 Å². The van der Waals surface area contributed by atoms with Gasteiger partial charge in [-0.2, -0.15) is 0 Å². The number of hydrogen-bond donors (Lipinski definition) is 1. The van der Waals surface area contributed by atoms with Gasteiger partial charge in [-0.3, -0.25) is 9.59 Å². The number of rotatable bonds is 9. The quantitative estimate of drug-likeness (QED) is 0.392. The third-order valence-electron chi connectivity index (χ3n) is 7.80. The first-order valence-corrected chi connectivity index (χ1v) is 14.8. The Morgan fingerprint density at radius 3 is 2.43 bits per heavy atom. The van der Waals surface area contributed by atoms with Crippen molar-refractivity contribution in [1.82, 2.24) is 29.7 Å². The lowest BCUT2D eigenvalue weighted by Crippen LogP contribution is -2.58. The number of morpholine rings is 1. The van der Waals surface area contributed by atoms with Gasteiger partial charge in [-0.1, -0.05) is 49.4 Å². The van der Waals surface area contributed by atoms with Crippen molar-refractivity contribution < 1.29 is 33.4 Å². The van der Waals surface area contributed by atoms with Crippen molar-refractivity contribution in [3.8, 4) is 11.4 Å². The van der Waals surface area contributed by atoms with Crippen LogP contribution in [0.3, 0.4) is 0 Å². The van der Waals surface area contributed by atoms with Crippen LogP contribution in [0.5, 0.6) is 5.75 Å². The monoisotopic (exact) mass is 608 g/mol. The Balaban J connectivity index is 1.49. The van der Waals surface area contributed by atoms with Gasteiger partial charge in [-0.25, -0.2) is 13.9 Å². The molecule has 0 saturated carbocycles. The Labute approximate surface area is 254 Å². The zero-order valence-electron chi connectivity index (χ0n) is 24.8. The molecule has 0 unspecified atom stereocenters. The molecule has 2 aromatic carbocycles. The molecule has 1 aromatic heterocycles. The first-order chi connectivity index (χ1) is 21.2. The third-order valence-corrected chi connectivity index (χ3v) is 7.80. The van der Waals surface area contributed by atoms with Crippen molar-refractivity contribution in [2.75, 3.05) is 45.9 Å². The summed E-state index contributed by atoms with van der Waals surface area (Å²) in [5, 5.41) is 18.3. The van der Waals surface area contributed by atoms with Crippen LogP contribution in [0.1, 0.15) is 36.5 Å². The summed E-state index contributed by atoms with van der Waals surface area (Å²) in [4.78, 5) is 44.5. The van der Waals surface area contributed by atoms with Crippen LogP contribution >= 0.6 is 0 Å². The number of aromatic nitrogens is 3. The van der Waals surface area contributed by atoms with Crippen molar-refractivity contribution in [2.24, 2.45) is 11.8 Å². The summed E-state index contributed by atoms with van der Waals surface area (Å²) >= 11 is 0. The average molecular weight is 609 g/mol. The van der Waals surface area contributed by atoms with E-state index in [1.807, 2.05) is 32.0 Å². The summed E-state index contributed by atoms with van der Waals surface area (Å²) < 4.78 is 27.5. The largest absolute Gasteiger partial charge is 0.487 e. The third kappa shape index (κ3) is 6.99. The molecule has 0 bridgehead atoms. The predicted octanol–water partition coefficient (Wildman–Crippen LogP) is 3.31. The standard InChI is InChI=1S/C31H37FN6O6/c1-21(2)17-37(23-16-22(18-36(19-23)31(41)42)29(39)35-12-14-43-15-13-35)30(40)28-27(20-44-24-8-4-3-5-9-24)38(34-33-28)26-11-7-6-10-25(26)32/h3-11,21-23H,12-20H2,1-2H3,(H,41,42)/t22-,23+/m1/s1. The number of carboxylic acid groups (broad SMARTS) is 1. The van der Waals surface area contributed by atoms with E-state index in [1.165, 1.54) is 21.7 Å². The highest BCUT2D eigenvalue weighted by Crippen LogP contribution is 2.27. The van der Waals surface area contributed by atoms with E-state index in [2.05, 4.69) is 10.3 Å². The van der Waals surface area contributed by atoms with E-state index < -0.39 is 29.8 Å². The molecule has 0 aliphatic carbocycles. The molecular weight excluding hydrogens is 571 g/mol. The topological polar surface area (TPSA) is 130 Å². The van der Waals surface area contributed by atoms with Gasteiger partial charge in [-0.15, -0.1) is 5.10 Å². The minimum absolute atomic E-state index is 0.0122. The molecule has 12 nitrogen and oxygen atoms in total. The fourth-order valence-corrected chi connectivity index (χ4v) is 5.69. The number of carbonyl (C=O) groups is 3. The summed E-state index contributed by atoms with van der Waals surface area (Å²) in [5.41, 5.74) is 0.310. The van der Waals surface area contributed by atoms with Crippen LogP contribution < -0.4 is 4.74 Å². The molecular formula is C31H37FN6O6. The molecule has 0 radical (unpaired) electrons. The minimum Gasteiger partial charge on any atom is -0.487 e. The van der Waals surface area contributed by atoms with E-state index in [4.69, 9.17) is 9.47 Å². The molecule has 13 heteroatoms. The van der Waals surface area contributed by atoms with Crippen LogP contribution in [-0.4, -0.2) is 105 Å². The molecule has 44 heavy (non-hydrogen) atoms. The lowest BCUT2D eigenvalue weighted by atomic mass is 9.91. The van der Waals surface area contributed by atoms with Crippen LogP contribution in [0, 0.1) is 17.7 Å². The molecule has 2 atom stereocenters. The maximum absolute atomic E-state index is 14.9. The Bertz CT molecular complexity index is 1460. The summed E-state index contributed by atoms with van der Waals surface area (Å²) in [7, 11) is 0. The Morgan fingerprint density at radius 1 is 1.05 bits per heavy atom. The van der Waals surface area contributed by atoms with Gasteiger partial charge in [-0.05, 0) is 36.6 Å². The van der Waals surface area contributed by atoms with Crippen LogP contribution in [0.2, 0.25) is 0 Å². The zero-order chi connectivity index (χ0) is 31.2. The average Bonchev–Trinajstić information content (AvgIpc) is 3.46. The molecule has 234 valence electrons. The van der Waals surface area contributed by atoms with Crippen LogP contribution in [0.15, 0.2) is 54.6 Å². The predicted molar refractivity (Wildman–Crippen MR) is 157 cm³/mol. The van der Waals surface area contributed by atoms with Gasteiger partial charge in [0.2, 0.25) is 5.91 Å². The molecule has 3 heterocycles. The first kappa shape index (κ1) is 30.9. The Morgan fingerprint density at radius 2 is 1.75 bits per heavy atom. The van der Waals surface area contributed by atoms with E-state index >= 15 is 0 Å². The van der Waals surface area contributed by atoms with Gasteiger partial charge in [0, 0.05) is 32.7 Å². The van der Waals surface area contributed by atoms with Gasteiger partial charge in [0.25, 0.3) is 5.91 Å². The maximum atomic E-state index is 14.9. The van der Waals surface area contributed by atoms with Crippen LogP contribution in [0.4, 0.5) is 9.18 Å². The van der Waals surface area contributed by atoms with Gasteiger partial charge >= 0.3 is 6.09 Å². The minimum atomic E-state index is -1.16. The summed E-state index contributed by atoms with van der Waals surface area (Å²) in [6.45, 7) is 5.85. The molecule has 5 rings (SSSR count). The van der Waals surface area contributed by atoms with Crippen molar-refractivity contribution in [3.05, 3.63) is 71.8 Å². The Hall–Kier alpha value is -4.52. The number of para-hydroxylation sites is 2. The molecule has 2 aliphatic rings. The van der Waals surface area contributed by atoms with E-state index in [-0.39, 0.29) is 61.6 Å². The van der Waals surface area contributed by atoms with E-state index in [9.17, 15) is 23.9 Å². The zero-order valence-corrected chi connectivity index (χ0v) is 24.8. The highest BCUT2D eigenvalue weighted by atomic mass is 19.1. The van der Waals surface area contributed by atoms with Crippen molar-refractivity contribution >= 4 is 17.9 Å². The normalized spacial score (nSPS) is 18.7. The van der Waals surface area contributed by atoms with Gasteiger partial charge in [0.15, 0.2) is 5.69 Å². The number of nitrogens with zero attached hydrogens (tertiary/aromatic N) is 6. The number of piperidine rings is 1. The molecule has 0 spiro atoms. The van der Waals surface area contributed by atoms with E-state index in [1.54, 1.807) is 34.1 Å². The molecule has 1 N–H and O–H groups in total. The fraction of sp³-hybridized carbons (Fsp3) is 0.452. The second kappa shape index (κ2) is 13.8. The number of likely N-dealkylation sites (tertiary alicyclic amines) is 1. The molecule has 3 aromatic rings. The summed E-state index contributed by atoms with van der Waals surface area (Å²) in [6, 6.07) is 14.4. The number of ether oxygens (including phenoxy) is 2. The van der Waals surface area contributed by atoms with Crippen LogP contribution in [-0.2, 0) is 16.1 Å². The van der Waals surface area contributed by atoms with E-state index in [0.717, 1.165) is 0 Å². The SMILES string of the molecule is CC(C)CN(C(=O)c1nnn(-c2ccccc2F)c1COc1ccccc1)[C@H]1C[C@@H](C(=O)N2CCOCC2)CN(C(=O)O)C1. The van der Waals surface area contributed by atoms with Gasteiger partial charge in [0.1, 0.15) is 29.6 Å². The number of benzene rings is 2. The first-order valence-electron chi connectivity index (χ1n) is 14.8. The number of hydrogen-bond acceptors (Lipinski definition) is 7. The van der Waals surface area contributed by atoms with Gasteiger partial charge < -0.3 is 29.3 Å². The smallest absolute Gasteiger partial charge is 0.407 e. The molecule has 2 fully saturated rings. The second-order valence-electron chi connectivity index (χ2n) is 11.4. The highest BCUT2D eigenvalue weighted by Gasteiger charge is 2.41. The highest BCUT2D eigenvalue weighted by molar-refractivity contribution is 5.94. The van der Waals surface area contributed by atoms with Crippen molar-refractivity contribution in [1.29, 1.82) is 0 Å². The fourth-order valence-electron chi connectivity index (χ4n) is 5.69. The summed E-state index contributed by atoms with van der Waals surface area (Å²) in [6.07, 6.45) is -0.871. The summed E-state index contributed by atoms with van der Waals surface area (Å²) in [5.74, 6) is -1.27. The number of carbonyl (C=O) groups excluding carboxylic acids is 2. The number of amides is 3.